The molecule has 3 unspecified atom stereocenters. The summed E-state index contributed by atoms with van der Waals surface area (Å²) in [5, 5.41) is 13.8. The van der Waals surface area contributed by atoms with Crippen LogP contribution in [-0.2, 0) is 4.79 Å². The average molecular weight is 346 g/mol. The molecular weight excluding hydrogens is 326 g/mol. The zero-order chi connectivity index (χ0) is 17.1. The molecule has 3 atom stereocenters. The average Bonchev–Trinajstić information content (AvgIpc) is 3.40. The Morgan fingerprint density at radius 1 is 1.33 bits per heavy atom. The number of aliphatic hydroxyl groups is 1. The van der Waals surface area contributed by atoms with Gasteiger partial charge in [-0.1, -0.05) is 41.9 Å². The van der Waals surface area contributed by atoms with Crippen molar-refractivity contribution in [2.24, 2.45) is 5.92 Å². The molecule has 0 spiro atoms. The highest BCUT2D eigenvalue weighted by molar-refractivity contribution is 6.31. The first-order chi connectivity index (χ1) is 11.6. The number of amides is 1. The second kappa shape index (κ2) is 7.24. The molecule has 0 saturated heterocycles. The van der Waals surface area contributed by atoms with Crippen molar-refractivity contribution in [1.82, 2.24) is 5.32 Å². The summed E-state index contributed by atoms with van der Waals surface area (Å²) in [6.45, 7) is 0.178. The normalized spacial score (nSPS) is 20.3. The Morgan fingerprint density at radius 3 is 2.88 bits per heavy atom. The smallest absolute Gasteiger partial charge is 0.223 e. The lowest BCUT2D eigenvalue weighted by Gasteiger charge is -2.13. The second-order valence-electron chi connectivity index (χ2n) is 6.01. The van der Waals surface area contributed by atoms with E-state index >= 15 is 0 Å². The van der Waals surface area contributed by atoms with E-state index in [1.54, 1.807) is 13.2 Å². The number of benzene rings is 2. The summed E-state index contributed by atoms with van der Waals surface area (Å²) in [6.07, 6.45) is 0.0340. The van der Waals surface area contributed by atoms with Crippen LogP contribution in [0.15, 0.2) is 48.5 Å². The lowest BCUT2D eigenvalue weighted by Crippen LogP contribution is -2.30. The number of aliphatic hydroxyl groups excluding tert-OH is 1. The number of hydrogen-bond acceptors (Lipinski definition) is 3. The quantitative estimate of drug-likeness (QED) is 0.844. The highest BCUT2D eigenvalue weighted by Crippen LogP contribution is 2.49. The third-order valence-electron chi connectivity index (χ3n) is 4.38. The third kappa shape index (κ3) is 3.71. The molecule has 2 N–H and O–H groups in total. The van der Waals surface area contributed by atoms with E-state index in [2.05, 4.69) is 5.32 Å². The Morgan fingerprint density at radius 2 is 2.12 bits per heavy atom. The minimum atomic E-state index is -0.762. The summed E-state index contributed by atoms with van der Waals surface area (Å²) in [4.78, 5) is 12.3. The van der Waals surface area contributed by atoms with E-state index in [0.29, 0.717) is 16.3 Å². The number of carbonyl (C=O) groups excluding carboxylic acids is 1. The van der Waals surface area contributed by atoms with Gasteiger partial charge in [-0.05, 0) is 41.7 Å². The van der Waals surface area contributed by atoms with E-state index in [1.165, 1.54) is 0 Å². The number of rotatable bonds is 6. The standard InChI is InChI=1S/C19H20ClNO3/c1-24-13-6-4-5-12(9-13)18(22)11-21-19(23)16-10-15(16)14-7-2-3-8-17(14)20/h2-9,15-16,18,22H,10-11H2,1H3,(H,21,23). The van der Waals surface area contributed by atoms with Gasteiger partial charge in [-0.15, -0.1) is 0 Å². The van der Waals surface area contributed by atoms with Crippen LogP contribution in [0.25, 0.3) is 0 Å². The maximum atomic E-state index is 12.3. The number of halogens is 1. The Hall–Kier alpha value is -2.04. The fraction of sp³-hybridized carbons (Fsp3) is 0.316. The van der Waals surface area contributed by atoms with Gasteiger partial charge in [-0.3, -0.25) is 4.79 Å². The van der Waals surface area contributed by atoms with Gasteiger partial charge >= 0.3 is 0 Å². The molecule has 24 heavy (non-hydrogen) atoms. The Kier molecular flexibility index (Phi) is 5.07. The van der Waals surface area contributed by atoms with Gasteiger partial charge in [0.25, 0.3) is 0 Å². The molecular formula is C19H20ClNO3. The maximum absolute atomic E-state index is 12.3. The summed E-state index contributed by atoms with van der Waals surface area (Å²) >= 11 is 6.18. The molecule has 1 amide bonds. The molecule has 1 aliphatic carbocycles. The molecule has 4 nitrogen and oxygen atoms in total. The van der Waals surface area contributed by atoms with Crippen molar-refractivity contribution in [3.05, 3.63) is 64.7 Å². The van der Waals surface area contributed by atoms with Crippen LogP contribution >= 0.6 is 11.6 Å². The van der Waals surface area contributed by atoms with Gasteiger partial charge in [0.15, 0.2) is 0 Å². The van der Waals surface area contributed by atoms with Crippen molar-refractivity contribution in [1.29, 1.82) is 0 Å². The van der Waals surface area contributed by atoms with Crippen molar-refractivity contribution in [3.63, 3.8) is 0 Å². The van der Waals surface area contributed by atoms with Crippen LogP contribution in [0.5, 0.6) is 5.75 Å². The van der Waals surface area contributed by atoms with Crippen molar-refractivity contribution in [3.8, 4) is 5.75 Å². The lowest BCUT2D eigenvalue weighted by atomic mass is 10.1. The summed E-state index contributed by atoms with van der Waals surface area (Å²) in [7, 11) is 1.58. The molecule has 0 aliphatic heterocycles. The van der Waals surface area contributed by atoms with E-state index in [4.69, 9.17) is 16.3 Å². The SMILES string of the molecule is COc1cccc(C(O)CNC(=O)C2CC2c2ccccc2Cl)c1. The van der Waals surface area contributed by atoms with Crippen molar-refractivity contribution in [2.75, 3.05) is 13.7 Å². The first-order valence-electron chi connectivity index (χ1n) is 7.94. The molecule has 126 valence electrons. The van der Waals surface area contributed by atoms with Crippen LogP contribution in [-0.4, -0.2) is 24.7 Å². The van der Waals surface area contributed by atoms with Gasteiger partial charge in [0, 0.05) is 17.5 Å². The molecule has 1 fully saturated rings. The lowest BCUT2D eigenvalue weighted by molar-refractivity contribution is -0.122. The minimum absolute atomic E-state index is 0.0399. The van der Waals surface area contributed by atoms with Crippen LogP contribution < -0.4 is 10.1 Å². The summed E-state index contributed by atoms with van der Waals surface area (Å²) in [5.74, 6) is 0.746. The molecule has 5 heteroatoms. The Bertz CT molecular complexity index is 734. The van der Waals surface area contributed by atoms with Gasteiger partial charge in [-0.2, -0.15) is 0 Å². The maximum Gasteiger partial charge on any atom is 0.223 e. The van der Waals surface area contributed by atoms with Gasteiger partial charge < -0.3 is 15.2 Å². The number of nitrogens with one attached hydrogen (secondary N) is 1. The topological polar surface area (TPSA) is 58.6 Å². The fourth-order valence-electron chi connectivity index (χ4n) is 2.90. The first-order valence-corrected chi connectivity index (χ1v) is 8.32. The van der Waals surface area contributed by atoms with Gasteiger partial charge in [0.05, 0.1) is 13.2 Å². The van der Waals surface area contributed by atoms with E-state index in [-0.39, 0.29) is 24.3 Å². The zero-order valence-corrected chi connectivity index (χ0v) is 14.2. The largest absolute Gasteiger partial charge is 0.497 e. The molecule has 2 aromatic rings. The summed E-state index contributed by atoms with van der Waals surface area (Å²) in [5.41, 5.74) is 1.74. The molecule has 1 saturated carbocycles. The minimum Gasteiger partial charge on any atom is -0.497 e. The number of ether oxygens (including phenoxy) is 1. The van der Waals surface area contributed by atoms with Crippen LogP contribution in [0, 0.1) is 5.92 Å². The van der Waals surface area contributed by atoms with E-state index in [0.717, 1.165) is 12.0 Å². The second-order valence-corrected chi connectivity index (χ2v) is 6.41. The van der Waals surface area contributed by atoms with Crippen LogP contribution in [0.3, 0.4) is 0 Å². The van der Waals surface area contributed by atoms with Gasteiger partial charge in [0.2, 0.25) is 5.91 Å². The highest BCUT2D eigenvalue weighted by atomic mass is 35.5. The zero-order valence-electron chi connectivity index (χ0n) is 13.4. The Labute approximate surface area is 146 Å². The predicted molar refractivity (Wildman–Crippen MR) is 93.3 cm³/mol. The van der Waals surface area contributed by atoms with Crippen molar-refractivity contribution in [2.45, 2.75) is 18.4 Å². The Balaban J connectivity index is 1.54. The number of hydrogen-bond donors (Lipinski definition) is 2. The third-order valence-corrected chi connectivity index (χ3v) is 4.72. The molecule has 0 bridgehead atoms. The summed E-state index contributed by atoms with van der Waals surface area (Å²) in [6, 6.07) is 14.8. The van der Waals surface area contributed by atoms with Crippen molar-refractivity contribution >= 4 is 17.5 Å². The molecule has 0 radical (unpaired) electrons. The fourth-order valence-corrected chi connectivity index (χ4v) is 3.18. The van der Waals surface area contributed by atoms with Gasteiger partial charge in [-0.25, -0.2) is 0 Å². The monoisotopic (exact) mass is 345 g/mol. The van der Waals surface area contributed by atoms with Gasteiger partial charge in [0.1, 0.15) is 5.75 Å². The van der Waals surface area contributed by atoms with E-state index in [1.807, 2.05) is 42.5 Å². The molecule has 3 rings (SSSR count). The summed E-state index contributed by atoms with van der Waals surface area (Å²) < 4.78 is 5.14. The van der Waals surface area contributed by atoms with Crippen LogP contribution in [0.1, 0.15) is 29.6 Å². The first kappa shape index (κ1) is 16.8. The van der Waals surface area contributed by atoms with E-state index < -0.39 is 6.10 Å². The highest BCUT2D eigenvalue weighted by Gasteiger charge is 2.44. The molecule has 0 aromatic heterocycles. The van der Waals surface area contributed by atoms with Crippen LogP contribution in [0.4, 0.5) is 0 Å². The molecule has 1 aliphatic rings. The molecule has 0 heterocycles. The van der Waals surface area contributed by atoms with Crippen molar-refractivity contribution < 1.29 is 14.6 Å². The number of carbonyl (C=O) groups is 1. The number of methoxy groups -OCH3 is 1. The molecule has 2 aromatic carbocycles. The predicted octanol–water partition coefficient (Wildman–Crippen LogP) is 3.30. The van der Waals surface area contributed by atoms with Crippen LogP contribution in [0.2, 0.25) is 5.02 Å². The van der Waals surface area contributed by atoms with E-state index in [9.17, 15) is 9.90 Å².